The van der Waals surface area contributed by atoms with Crippen LogP contribution in [-0.4, -0.2) is 33.8 Å². The van der Waals surface area contributed by atoms with Crippen molar-refractivity contribution in [2.45, 2.75) is 6.42 Å². The predicted molar refractivity (Wildman–Crippen MR) is 74.7 cm³/mol. The Hall–Kier alpha value is -2.15. The van der Waals surface area contributed by atoms with Gasteiger partial charge in [-0.25, -0.2) is 0 Å². The van der Waals surface area contributed by atoms with Gasteiger partial charge in [0.2, 0.25) is 11.8 Å². The third kappa shape index (κ3) is 2.50. The summed E-state index contributed by atoms with van der Waals surface area (Å²) >= 11 is 1.73. The second-order valence-electron chi connectivity index (χ2n) is 3.91. The molecule has 0 aromatic carbocycles. The van der Waals surface area contributed by atoms with E-state index >= 15 is 0 Å². The van der Waals surface area contributed by atoms with Crippen molar-refractivity contribution in [3.8, 4) is 5.88 Å². The number of H-pyrrole nitrogens is 1. The first-order valence-electron chi connectivity index (χ1n) is 5.91. The Morgan fingerprint density at radius 3 is 3.16 bits per heavy atom. The summed E-state index contributed by atoms with van der Waals surface area (Å²) in [6.07, 6.45) is 2.55. The molecule has 3 heterocycles. The minimum atomic E-state index is 0.517. The van der Waals surface area contributed by atoms with E-state index in [0.717, 1.165) is 11.8 Å². The minimum Gasteiger partial charge on any atom is -0.477 e. The van der Waals surface area contributed by atoms with Crippen LogP contribution in [0.3, 0.4) is 0 Å². The van der Waals surface area contributed by atoms with E-state index in [4.69, 9.17) is 4.74 Å². The van der Waals surface area contributed by atoms with Gasteiger partial charge in [-0.05, 0) is 11.4 Å². The van der Waals surface area contributed by atoms with Crippen molar-refractivity contribution in [2.75, 3.05) is 19.0 Å². The monoisotopic (exact) mass is 275 g/mol. The quantitative estimate of drug-likeness (QED) is 0.745. The molecule has 0 bridgehead atoms. The molecule has 3 aromatic rings. The lowest BCUT2D eigenvalue weighted by molar-refractivity contribution is 0.315. The molecule has 0 aliphatic carbocycles. The Labute approximate surface area is 113 Å². The maximum atomic E-state index is 5.75. The fourth-order valence-corrected chi connectivity index (χ4v) is 2.42. The summed E-state index contributed by atoms with van der Waals surface area (Å²) in [7, 11) is 1.77. The van der Waals surface area contributed by atoms with Crippen LogP contribution in [0.2, 0.25) is 0 Å². The van der Waals surface area contributed by atoms with Gasteiger partial charge in [0, 0.05) is 18.3 Å². The molecule has 0 saturated heterocycles. The highest BCUT2D eigenvalue weighted by atomic mass is 32.1. The van der Waals surface area contributed by atoms with E-state index in [-0.39, 0.29) is 0 Å². The molecular formula is C12H13N5OS. The van der Waals surface area contributed by atoms with E-state index in [1.807, 2.05) is 6.07 Å². The van der Waals surface area contributed by atoms with Crippen LogP contribution in [0.1, 0.15) is 4.88 Å². The Kier molecular flexibility index (Phi) is 3.28. The molecular weight excluding hydrogens is 262 g/mol. The molecule has 3 aromatic heterocycles. The van der Waals surface area contributed by atoms with Crippen LogP contribution in [-0.2, 0) is 6.42 Å². The Morgan fingerprint density at radius 2 is 2.37 bits per heavy atom. The van der Waals surface area contributed by atoms with Gasteiger partial charge in [0.15, 0.2) is 5.65 Å². The number of hydrogen-bond acceptors (Lipinski definition) is 6. The zero-order valence-corrected chi connectivity index (χ0v) is 11.2. The molecule has 0 unspecified atom stereocenters. The summed E-state index contributed by atoms with van der Waals surface area (Å²) in [5.74, 6) is 1.07. The zero-order valence-electron chi connectivity index (χ0n) is 10.4. The lowest BCUT2D eigenvalue weighted by Crippen LogP contribution is -2.04. The smallest absolute Gasteiger partial charge is 0.229 e. The summed E-state index contributed by atoms with van der Waals surface area (Å²) < 4.78 is 5.75. The fraction of sp³-hybridized carbons (Fsp3) is 0.250. The summed E-state index contributed by atoms with van der Waals surface area (Å²) in [5, 5.41) is 12.5. The van der Waals surface area contributed by atoms with Crippen molar-refractivity contribution in [3.05, 3.63) is 28.6 Å². The van der Waals surface area contributed by atoms with E-state index in [1.54, 1.807) is 24.6 Å². The van der Waals surface area contributed by atoms with Crippen molar-refractivity contribution < 1.29 is 4.74 Å². The van der Waals surface area contributed by atoms with Gasteiger partial charge in [-0.15, -0.1) is 11.3 Å². The molecule has 2 N–H and O–H groups in total. The number of thiophene rings is 1. The van der Waals surface area contributed by atoms with Crippen LogP contribution < -0.4 is 10.1 Å². The average Bonchev–Trinajstić information content (AvgIpc) is 3.08. The molecule has 0 atom stereocenters. The summed E-state index contributed by atoms with van der Waals surface area (Å²) in [4.78, 5) is 9.86. The van der Waals surface area contributed by atoms with Crippen molar-refractivity contribution >= 4 is 28.3 Å². The van der Waals surface area contributed by atoms with Gasteiger partial charge in [-0.3, -0.25) is 5.10 Å². The Bertz CT molecular complexity index is 664. The van der Waals surface area contributed by atoms with Crippen LogP contribution in [0.4, 0.5) is 5.95 Å². The van der Waals surface area contributed by atoms with Crippen molar-refractivity contribution in [1.82, 2.24) is 20.2 Å². The SMILES string of the molecule is CNc1nc(OCCc2cccs2)c2cn[nH]c2n1. The second-order valence-corrected chi connectivity index (χ2v) is 4.94. The van der Waals surface area contributed by atoms with Gasteiger partial charge in [-0.1, -0.05) is 6.07 Å². The zero-order chi connectivity index (χ0) is 13.1. The summed E-state index contributed by atoms with van der Waals surface area (Å²) in [6.45, 7) is 0.584. The molecule has 19 heavy (non-hydrogen) atoms. The molecule has 0 saturated carbocycles. The molecule has 6 nitrogen and oxygen atoms in total. The highest BCUT2D eigenvalue weighted by Crippen LogP contribution is 2.22. The van der Waals surface area contributed by atoms with Crippen LogP contribution in [0.25, 0.3) is 11.0 Å². The van der Waals surface area contributed by atoms with Gasteiger partial charge in [0.1, 0.15) is 5.39 Å². The molecule has 0 aliphatic rings. The van der Waals surface area contributed by atoms with E-state index in [2.05, 4.69) is 36.9 Å². The first-order chi connectivity index (χ1) is 9.36. The van der Waals surface area contributed by atoms with Crippen LogP contribution in [0, 0.1) is 0 Å². The molecule has 0 radical (unpaired) electrons. The highest BCUT2D eigenvalue weighted by molar-refractivity contribution is 7.09. The van der Waals surface area contributed by atoms with Crippen LogP contribution >= 0.6 is 11.3 Å². The standard InChI is InChI=1S/C12H13N5OS/c1-13-12-15-10-9(7-14-17-10)11(16-12)18-5-4-8-3-2-6-19-8/h2-3,6-7H,4-5H2,1H3,(H2,13,14,15,16,17). The van der Waals surface area contributed by atoms with E-state index < -0.39 is 0 Å². The molecule has 0 amide bonds. The molecule has 3 rings (SSSR count). The lowest BCUT2D eigenvalue weighted by atomic mass is 10.3. The van der Waals surface area contributed by atoms with Crippen LogP contribution in [0.5, 0.6) is 5.88 Å². The topological polar surface area (TPSA) is 75.7 Å². The maximum absolute atomic E-state index is 5.75. The summed E-state index contributed by atoms with van der Waals surface area (Å²) in [5.41, 5.74) is 0.672. The van der Waals surface area contributed by atoms with E-state index in [1.165, 1.54) is 4.88 Å². The molecule has 0 spiro atoms. The largest absolute Gasteiger partial charge is 0.477 e. The van der Waals surface area contributed by atoms with Crippen molar-refractivity contribution in [2.24, 2.45) is 0 Å². The number of nitrogens with zero attached hydrogens (tertiary/aromatic N) is 3. The first kappa shape index (κ1) is 11.9. The molecule has 7 heteroatoms. The van der Waals surface area contributed by atoms with Gasteiger partial charge >= 0.3 is 0 Å². The first-order valence-corrected chi connectivity index (χ1v) is 6.79. The molecule has 0 aliphatic heterocycles. The lowest BCUT2D eigenvalue weighted by Gasteiger charge is -2.06. The van der Waals surface area contributed by atoms with Crippen molar-refractivity contribution in [1.29, 1.82) is 0 Å². The number of rotatable bonds is 5. The molecule has 0 fully saturated rings. The third-order valence-corrected chi connectivity index (χ3v) is 3.60. The van der Waals surface area contributed by atoms with Gasteiger partial charge in [0.05, 0.1) is 12.8 Å². The Balaban J connectivity index is 1.77. The average molecular weight is 275 g/mol. The number of ether oxygens (including phenoxy) is 1. The Morgan fingerprint density at radius 1 is 1.42 bits per heavy atom. The summed E-state index contributed by atoms with van der Waals surface area (Å²) in [6, 6.07) is 4.14. The predicted octanol–water partition coefficient (Wildman–Crippen LogP) is 2.08. The number of aromatic amines is 1. The van der Waals surface area contributed by atoms with Crippen LogP contribution in [0.15, 0.2) is 23.7 Å². The van der Waals surface area contributed by atoms with Gasteiger partial charge in [0.25, 0.3) is 0 Å². The fourth-order valence-electron chi connectivity index (χ4n) is 1.73. The number of fused-ring (bicyclic) bond motifs is 1. The highest BCUT2D eigenvalue weighted by Gasteiger charge is 2.10. The van der Waals surface area contributed by atoms with Gasteiger partial charge in [-0.2, -0.15) is 15.1 Å². The third-order valence-electron chi connectivity index (χ3n) is 2.67. The molecule has 98 valence electrons. The minimum absolute atomic E-state index is 0.517. The number of anilines is 1. The second kappa shape index (κ2) is 5.23. The van der Waals surface area contributed by atoms with Gasteiger partial charge < -0.3 is 10.1 Å². The normalized spacial score (nSPS) is 10.8. The maximum Gasteiger partial charge on any atom is 0.229 e. The van der Waals surface area contributed by atoms with E-state index in [0.29, 0.717) is 24.1 Å². The number of nitrogens with one attached hydrogen (secondary N) is 2. The van der Waals surface area contributed by atoms with E-state index in [9.17, 15) is 0 Å². The number of hydrogen-bond donors (Lipinski definition) is 2. The number of aromatic nitrogens is 4. The van der Waals surface area contributed by atoms with Crippen molar-refractivity contribution in [3.63, 3.8) is 0 Å².